The highest BCUT2D eigenvalue weighted by Crippen LogP contribution is 2.44. The maximum Gasteiger partial charge on any atom is 0.264 e. The van der Waals surface area contributed by atoms with E-state index in [9.17, 15) is 14.7 Å². The first kappa shape index (κ1) is 19.3. The molecule has 1 amide bonds. The van der Waals surface area contributed by atoms with Gasteiger partial charge in [0.25, 0.3) is 5.91 Å². The highest BCUT2D eigenvalue weighted by Gasteiger charge is 2.50. The van der Waals surface area contributed by atoms with Gasteiger partial charge in [-0.1, -0.05) is 54.1 Å². The first-order valence-electron chi connectivity index (χ1n) is 10.1. The predicted molar refractivity (Wildman–Crippen MR) is 114 cm³/mol. The predicted octanol–water partition coefficient (Wildman–Crippen LogP) is 3.73. The third-order valence-corrected chi connectivity index (χ3v) is 5.81. The summed E-state index contributed by atoms with van der Waals surface area (Å²) in [7, 11) is 0. The van der Waals surface area contributed by atoms with Crippen LogP contribution in [-0.4, -0.2) is 23.6 Å². The maximum absolute atomic E-state index is 13.4. The van der Waals surface area contributed by atoms with E-state index in [0.29, 0.717) is 28.3 Å². The molecule has 1 atom stereocenters. The third-order valence-electron chi connectivity index (χ3n) is 5.81. The molecule has 0 unspecified atom stereocenters. The Morgan fingerprint density at radius 3 is 2.58 bits per heavy atom. The number of benzene rings is 3. The fourth-order valence-electron chi connectivity index (χ4n) is 4.13. The lowest BCUT2D eigenvalue weighted by Crippen LogP contribution is -2.41. The Kier molecular flexibility index (Phi) is 4.52. The van der Waals surface area contributed by atoms with Crippen LogP contribution in [0.2, 0.25) is 0 Å². The molecule has 2 aliphatic rings. The van der Waals surface area contributed by atoms with Gasteiger partial charge in [0.05, 0.1) is 18.7 Å². The smallest absolute Gasteiger partial charge is 0.264 e. The van der Waals surface area contributed by atoms with Gasteiger partial charge < -0.3 is 19.5 Å². The Labute approximate surface area is 179 Å². The van der Waals surface area contributed by atoms with Crippen molar-refractivity contribution >= 4 is 17.4 Å². The second-order valence-electron chi connectivity index (χ2n) is 7.92. The van der Waals surface area contributed by atoms with Crippen molar-refractivity contribution in [3.8, 4) is 11.5 Å². The summed E-state index contributed by atoms with van der Waals surface area (Å²) in [4.78, 5) is 27.8. The molecule has 0 aromatic heterocycles. The van der Waals surface area contributed by atoms with Crippen molar-refractivity contribution in [3.63, 3.8) is 0 Å². The summed E-state index contributed by atoms with van der Waals surface area (Å²) in [6, 6.07) is 19.7. The molecule has 2 aliphatic heterocycles. The van der Waals surface area contributed by atoms with Gasteiger partial charge in [-0.05, 0) is 30.7 Å². The number of anilines is 1. The average molecular weight is 415 g/mol. The SMILES string of the molecule is Cc1ccc(C(=O)C[C@]2(O)C(=O)N(Cc3ccc4c(c3)OCO4)c3ccccc32)cc1. The Balaban J connectivity index is 1.46. The summed E-state index contributed by atoms with van der Waals surface area (Å²) >= 11 is 0. The van der Waals surface area contributed by atoms with Crippen molar-refractivity contribution in [1.29, 1.82) is 0 Å². The van der Waals surface area contributed by atoms with Crippen molar-refractivity contribution < 1.29 is 24.2 Å². The van der Waals surface area contributed by atoms with Crippen molar-refractivity contribution in [2.75, 3.05) is 11.7 Å². The van der Waals surface area contributed by atoms with Gasteiger partial charge in [-0.2, -0.15) is 0 Å². The van der Waals surface area contributed by atoms with E-state index in [2.05, 4.69) is 0 Å². The number of nitrogens with zero attached hydrogens (tertiary/aromatic N) is 1. The lowest BCUT2D eigenvalue weighted by molar-refractivity contribution is -0.136. The van der Waals surface area contributed by atoms with E-state index in [0.717, 1.165) is 11.1 Å². The average Bonchev–Trinajstić information content (AvgIpc) is 3.32. The Morgan fingerprint density at radius 2 is 1.77 bits per heavy atom. The summed E-state index contributed by atoms with van der Waals surface area (Å²) in [5, 5.41) is 11.4. The molecule has 3 aromatic rings. The summed E-state index contributed by atoms with van der Waals surface area (Å²) in [6.45, 7) is 2.35. The van der Waals surface area contributed by atoms with Crippen LogP contribution < -0.4 is 14.4 Å². The minimum Gasteiger partial charge on any atom is -0.454 e. The highest BCUT2D eigenvalue weighted by atomic mass is 16.7. The number of carbonyl (C=O) groups excluding carboxylic acids is 2. The normalized spacial score (nSPS) is 18.9. The minimum atomic E-state index is -1.91. The van der Waals surface area contributed by atoms with Crippen LogP contribution in [-0.2, 0) is 16.9 Å². The minimum absolute atomic E-state index is 0.172. The number of hydrogen-bond acceptors (Lipinski definition) is 5. The molecule has 1 N–H and O–H groups in total. The molecule has 0 fully saturated rings. The van der Waals surface area contributed by atoms with E-state index < -0.39 is 11.5 Å². The molecule has 3 aromatic carbocycles. The molecule has 6 heteroatoms. The van der Waals surface area contributed by atoms with E-state index >= 15 is 0 Å². The van der Waals surface area contributed by atoms with Crippen LogP contribution in [0, 0.1) is 6.92 Å². The number of ketones is 1. The van der Waals surface area contributed by atoms with Crippen LogP contribution in [0.4, 0.5) is 5.69 Å². The van der Waals surface area contributed by atoms with Gasteiger partial charge in [0.15, 0.2) is 22.9 Å². The second-order valence-corrected chi connectivity index (χ2v) is 7.92. The van der Waals surface area contributed by atoms with Crippen molar-refractivity contribution in [1.82, 2.24) is 0 Å². The zero-order valence-electron chi connectivity index (χ0n) is 17.0. The van der Waals surface area contributed by atoms with Gasteiger partial charge in [0, 0.05) is 11.1 Å². The summed E-state index contributed by atoms with van der Waals surface area (Å²) in [5.74, 6) is 0.502. The maximum atomic E-state index is 13.4. The fraction of sp³-hybridized carbons (Fsp3) is 0.200. The molecule has 0 bridgehead atoms. The molecular weight excluding hydrogens is 394 g/mol. The van der Waals surface area contributed by atoms with Gasteiger partial charge in [-0.15, -0.1) is 0 Å². The van der Waals surface area contributed by atoms with E-state index in [4.69, 9.17) is 9.47 Å². The quantitative estimate of drug-likeness (QED) is 0.643. The summed E-state index contributed by atoms with van der Waals surface area (Å²) < 4.78 is 10.8. The van der Waals surface area contributed by atoms with Crippen LogP contribution in [0.5, 0.6) is 11.5 Å². The van der Waals surface area contributed by atoms with Crippen LogP contribution in [0.15, 0.2) is 66.7 Å². The number of hydrogen-bond donors (Lipinski definition) is 1. The lowest BCUT2D eigenvalue weighted by Gasteiger charge is -2.23. The molecule has 0 aliphatic carbocycles. The molecule has 0 saturated heterocycles. The van der Waals surface area contributed by atoms with Gasteiger partial charge in [0.1, 0.15) is 0 Å². The van der Waals surface area contributed by atoms with Crippen molar-refractivity contribution in [3.05, 3.63) is 89.0 Å². The van der Waals surface area contributed by atoms with E-state index in [1.54, 1.807) is 36.4 Å². The zero-order valence-corrected chi connectivity index (χ0v) is 17.0. The third kappa shape index (κ3) is 3.25. The number of para-hydroxylation sites is 1. The number of aryl methyl sites for hydroxylation is 1. The highest BCUT2D eigenvalue weighted by molar-refractivity contribution is 6.10. The van der Waals surface area contributed by atoms with Gasteiger partial charge in [0.2, 0.25) is 6.79 Å². The molecule has 6 nitrogen and oxygen atoms in total. The van der Waals surface area contributed by atoms with Gasteiger partial charge in [-0.25, -0.2) is 0 Å². The number of ether oxygens (including phenoxy) is 2. The number of carbonyl (C=O) groups is 2. The molecule has 156 valence electrons. The van der Waals surface area contributed by atoms with E-state index in [1.165, 1.54) is 4.90 Å². The Morgan fingerprint density at radius 1 is 1.03 bits per heavy atom. The number of aliphatic hydroxyl groups is 1. The van der Waals surface area contributed by atoms with Gasteiger partial charge in [-0.3, -0.25) is 9.59 Å². The standard InChI is InChI=1S/C25H21NO5/c1-16-6-9-18(10-7-16)21(27)13-25(29)19-4-2-3-5-20(19)26(24(25)28)14-17-8-11-22-23(12-17)31-15-30-22/h2-12,29H,13-15H2,1H3/t25-/m1/s1. The van der Waals surface area contributed by atoms with Crippen molar-refractivity contribution in [2.45, 2.75) is 25.5 Å². The van der Waals surface area contributed by atoms with E-state index in [-0.39, 0.29) is 25.5 Å². The Bertz CT molecular complexity index is 1190. The van der Waals surface area contributed by atoms with E-state index in [1.807, 2.05) is 37.3 Å². The second kappa shape index (κ2) is 7.25. The molecule has 2 heterocycles. The number of Topliss-reactive ketones (excluding diaryl/α,β-unsaturated/α-hetero) is 1. The molecule has 0 spiro atoms. The molecule has 0 saturated carbocycles. The van der Waals surface area contributed by atoms with Gasteiger partial charge >= 0.3 is 0 Å². The van der Waals surface area contributed by atoms with Crippen LogP contribution >= 0.6 is 0 Å². The van der Waals surface area contributed by atoms with Crippen molar-refractivity contribution in [2.24, 2.45) is 0 Å². The number of amides is 1. The topological polar surface area (TPSA) is 76.1 Å². The molecule has 31 heavy (non-hydrogen) atoms. The monoisotopic (exact) mass is 415 g/mol. The molecule has 0 radical (unpaired) electrons. The summed E-state index contributed by atoms with van der Waals surface area (Å²) in [6.07, 6.45) is -0.316. The number of fused-ring (bicyclic) bond motifs is 2. The molecular formula is C25H21NO5. The van der Waals surface area contributed by atoms with Crippen LogP contribution in [0.1, 0.15) is 33.5 Å². The first-order chi connectivity index (χ1) is 15.0. The zero-order chi connectivity index (χ0) is 21.6. The van der Waals surface area contributed by atoms with Crippen LogP contribution in [0.3, 0.4) is 0 Å². The fourth-order valence-corrected chi connectivity index (χ4v) is 4.13. The lowest BCUT2D eigenvalue weighted by atomic mass is 9.88. The molecule has 5 rings (SSSR count). The largest absolute Gasteiger partial charge is 0.454 e. The summed E-state index contributed by atoms with van der Waals surface area (Å²) in [5.41, 5.74) is 1.48. The first-order valence-corrected chi connectivity index (χ1v) is 10.1. The Hall–Kier alpha value is -3.64. The van der Waals surface area contributed by atoms with Crippen LogP contribution in [0.25, 0.3) is 0 Å². The number of rotatable bonds is 5.